The van der Waals surface area contributed by atoms with Crippen molar-refractivity contribution in [2.75, 3.05) is 18.5 Å². The van der Waals surface area contributed by atoms with Crippen LogP contribution in [-0.2, 0) is 14.3 Å². The summed E-state index contributed by atoms with van der Waals surface area (Å²) in [6.07, 6.45) is 0. The van der Waals surface area contributed by atoms with Crippen LogP contribution in [0.2, 0.25) is 0 Å². The molecule has 2 aromatic rings. The van der Waals surface area contributed by atoms with E-state index in [0.29, 0.717) is 5.75 Å². The lowest BCUT2D eigenvalue weighted by Gasteiger charge is -2.14. The number of rotatable bonds is 8. The third-order valence-corrected chi connectivity index (χ3v) is 3.94. The molecule has 0 spiro atoms. The minimum Gasteiger partial charge on any atom is -0.482 e. The molecule has 0 aliphatic rings. The molecule has 0 atom stereocenters. The maximum Gasteiger partial charge on any atom is 0.344 e. The lowest BCUT2D eigenvalue weighted by molar-refractivity contribution is -0.384. The van der Waals surface area contributed by atoms with Gasteiger partial charge in [0.15, 0.2) is 13.2 Å². The SMILES string of the molecule is Cc1ccc(C(C)C)c(OCC(=O)OCC(=O)Nc2cc([N+](=O)[O-])ccc2F)c1. The summed E-state index contributed by atoms with van der Waals surface area (Å²) in [5.74, 6) is -1.72. The summed E-state index contributed by atoms with van der Waals surface area (Å²) in [6.45, 7) is 4.80. The topological polar surface area (TPSA) is 108 Å². The maximum absolute atomic E-state index is 13.7. The van der Waals surface area contributed by atoms with Crippen molar-refractivity contribution in [1.29, 1.82) is 0 Å². The number of hydrogen-bond donors (Lipinski definition) is 1. The third kappa shape index (κ3) is 6.27. The molecule has 0 aromatic heterocycles. The number of esters is 1. The van der Waals surface area contributed by atoms with Crippen molar-refractivity contribution in [2.45, 2.75) is 26.7 Å². The van der Waals surface area contributed by atoms with E-state index in [9.17, 15) is 24.1 Å². The molecule has 1 amide bonds. The Kier molecular flexibility index (Phi) is 7.24. The Morgan fingerprint density at radius 2 is 1.90 bits per heavy atom. The standard InChI is InChI=1S/C20H21FN2O6/c1-12(2)15-6-4-13(3)8-18(15)28-11-20(25)29-10-19(24)22-17-9-14(23(26)27)5-7-16(17)21/h4-9,12H,10-11H2,1-3H3,(H,22,24). The van der Waals surface area contributed by atoms with Gasteiger partial charge >= 0.3 is 5.97 Å². The van der Waals surface area contributed by atoms with Gasteiger partial charge in [-0.1, -0.05) is 26.0 Å². The number of nitro benzene ring substituents is 1. The van der Waals surface area contributed by atoms with Gasteiger partial charge in [-0.25, -0.2) is 9.18 Å². The number of carbonyl (C=O) groups excluding carboxylic acids is 2. The summed E-state index contributed by atoms with van der Waals surface area (Å²) < 4.78 is 24.0. The molecule has 154 valence electrons. The highest BCUT2D eigenvalue weighted by Gasteiger charge is 2.15. The number of aryl methyl sites for hydroxylation is 1. The molecule has 0 unspecified atom stereocenters. The summed E-state index contributed by atoms with van der Waals surface area (Å²) in [7, 11) is 0. The van der Waals surface area contributed by atoms with Gasteiger partial charge in [-0.05, 0) is 36.1 Å². The van der Waals surface area contributed by atoms with Crippen LogP contribution in [0.3, 0.4) is 0 Å². The summed E-state index contributed by atoms with van der Waals surface area (Å²) >= 11 is 0. The molecular formula is C20H21FN2O6. The number of benzene rings is 2. The summed E-state index contributed by atoms with van der Waals surface area (Å²) in [5.41, 5.74) is 1.14. The van der Waals surface area contributed by atoms with Gasteiger partial charge in [-0.15, -0.1) is 0 Å². The van der Waals surface area contributed by atoms with E-state index in [1.165, 1.54) is 0 Å². The molecule has 2 aromatic carbocycles. The molecular weight excluding hydrogens is 383 g/mol. The van der Waals surface area contributed by atoms with Crippen molar-refractivity contribution in [3.8, 4) is 5.75 Å². The molecule has 0 fully saturated rings. The highest BCUT2D eigenvalue weighted by atomic mass is 19.1. The van der Waals surface area contributed by atoms with E-state index < -0.39 is 35.8 Å². The van der Waals surface area contributed by atoms with Crippen LogP contribution in [0.1, 0.15) is 30.9 Å². The van der Waals surface area contributed by atoms with E-state index in [2.05, 4.69) is 5.32 Å². The van der Waals surface area contributed by atoms with Crippen molar-refractivity contribution in [1.82, 2.24) is 0 Å². The second kappa shape index (κ2) is 9.63. The first-order valence-electron chi connectivity index (χ1n) is 8.80. The van der Waals surface area contributed by atoms with Gasteiger partial charge in [-0.3, -0.25) is 14.9 Å². The molecule has 8 nitrogen and oxygen atoms in total. The number of halogens is 1. The average molecular weight is 404 g/mol. The highest BCUT2D eigenvalue weighted by molar-refractivity contribution is 5.93. The Labute approximate surface area is 166 Å². The minimum atomic E-state index is -0.848. The molecule has 0 radical (unpaired) electrons. The van der Waals surface area contributed by atoms with Crippen molar-refractivity contribution in [3.63, 3.8) is 0 Å². The van der Waals surface area contributed by atoms with E-state index in [0.717, 1.165) is 29.3 Å². The van der Waals surface area contributed by atoms with Gasteiger partial charge in [0.25, 0.3) is 11.6 Å². The molecule has 29 heavy (non-hydrogen) atoms. The maximum atomic E-state index is 13.7. The largest absolute Gasteiger partial charge is 0.482 e. The second-order valence-electron chi connectivity index (χ2n) is 6.61. The molecule has 0 aliphatic heterocycles. The fraction of sp³-hybridized carbons (Fsp3) is 0.300. The van der Waals surface area contributed by atoms with Crippen molar-refractivity contribution >= 4 is 23.3 Å². The Morgan fingerprint density at radius 1 is 1.17 bits per heavy atom. The Bertz CT molecular complexity index is 929. The van der Waals surface area contributed by atoms with Gasteiger partial charge in [0.2, 0.25) is 0 Å². The Morgan fingerprint density at radius 3 is 2.55 bits per heavy atom. The molecule has 0 aliphatic carbocycles. The smallest absolute Gasteiger partial charge is 0.344 e. The zero-order valence-electron chi connectivity index (χ0n) is 16.2. The van der Waals surface area contributed by atoms with E-state index in [4.69, 9.17) is 9.47 Å². The van der Waals surface area contributed by atoms with Crippen molar-refractivity contribution in [2.24, 2.45) is 0 Å². The third-order valence-electron chi connectivity index (χ3n) is 3.94. The van der Waals surface area contributed by atoms with Gasteiger partial charge in [-0.2, -0.15) is 0 Å². The number of hydrogen-bond acceptors (Lipinski definition) is 6. The number of non-ortho nitro benzene ring substituents is 1. The summed E-state index contributed by atoms with van der Waals surface area (Å²) in [5, 5.41) is 12.9. The number of amides is 1. The van der Waals surface area contributed by atoms with Gasteiger partial charge < -0.3 is 14.8 Å². The normalized spacial score (nSPS) is 10.5. The quantitative estimate of drug-likeness (QED) is 0.408. The van der Waals surface area contributed by atoms with Gasteiger partial charge in [0.1, 0.15) is 11.6 Å². The number of ether oxygens (including phenoxy) is 2. The van der Waals surface area contributed by atoms with Gasteiger partial charge in [0, 0.05) is 12.1 Å². The first-order valence-corrected chi connectivity index (χ1v) is 8.80. The van der Waals surface area contributed by atoms with Crippen LogP contribution in [0.25, 0.3) is 0 Å². The second-order valence-corrected chi connectivity index (χ2v) is 6.61. The minimum absolute atomic E-state index is 0.192. The molecule has 0 bridgehead atoms. The number of nitrogens with zero attached hydrogens (tertiary/aromatic N) is 1. The van der Waals surface area contributed by atoms with Crippen LogP contribution in [0.4, 0.5) is 15.8 Å². The zero-order chi connectivity index (χ0) is 21.6. The molecule has 9 heteroatoms. The first kappa shape index (κ1) is 21.8. The lowest BCUT2D eigenvalue weighted by Crippen LogP contribution is -2.24. The van der Waals surface area contributed by atoms with Crippen LogP contribution in [0, 0.1) is 22.9 Å². The zero-order valence-corrected chi connectivity index (χ0v) is 16.2. The molecule has 0 saturated carbocycles. The monoisotopic (exact) mass is 404 g/mol. The van der Waals surface area contributed by atoms with E-state index >= 15 is 0 Å². The predicted molar refractivity (Wildman–Crippen MR) is 103 cm³/mol. The van der Waals surface area contributed by atoms with Crippen LogP contribution in [0.15, 0.2) is 36.4 Å². The molecule has 1 N–H and O–H groups in total. The van der Waals surface area contributed by atoms with Crippen LogP contribution >= 0.6 is 0 Å². The van der Waals surface area contributed by atoms with E-state index in [-0.39, 0.29) is 17.3 Å². The van der Waals surface area contributed by atoms with Crippen LogP contribution in [0.5, 0.6) is 5.75 Å². The number of anilines is 1. The van der Waals surface area contributed by atoms with E-state index in [1.807, 2.05) is 32.9 Å². The molecule has 2 rings (SSSR count). The van der Waals surface area contributed by atoms with Gasteiger partial charge in [0.05, 0.1) is 10.6 Å². The fourth-order valence-corrected chi connectivity index (χ4v) is 2.48. The molecule has 0 saturated heterocycles. The lowest BCUT2D eigenvalue weighted by atomic mass is 10.0. The summed E-state index contributed by atoms with van der Waals surface area (Å²) in [4.78, 5) is 33.7. The number of nitro groups is 1. The number of carbonyl (C=O) groups is 2. The average Bonchev–Trinajstić information content (AvgIpc) is 2.66. The van der Waals surface area contributed by atoms with Crippen LogP contribution in [-0.4, -0.2) is 30.0 Å². The van der Waals surface area contributed by atoms with E-state index in [1.54, 1.807) is 6.07 Å². The Hall–Kier alpha value is -3.49. The van der Waals surface area contributed by atoms with Crippen molar-refractivity contribution in [3.05, 3.63) is 63.5 Å². The molecule has 0 heterocycles. The fourth-order valence-electron chi connectivity index (χ4n) is 2.48. The summed E-state index contributed by atoms with van der Waals surface area (Å²) in [6, 6.07) is 8.38. The Balaban J connectivity index is 1.89. The van der Waals surface area contributed by atoms with Crippen LogP contribution < -0.4 is 10.1 Å². The first-order chi connectivity index (χ1) is 13.7. The highest BCUT2D eigenvalue weighted by Crippen LogP contribution is 2.27. The van der Waals surface area contributed by atoms with Crippen molar-refractivity contribution < 1.29 is 28.4 Å². The predicted octanol–water partition coefficient (Wildman–Crippen LogP) is 3.73. The number of nitrogens with one attached hydrogen (secondary N) is 1.